The highest BCUT2D eigenvalue weighted by Gasteiger charge is 2.30. The van der Waals surface area contributed by atoms with Crippen LogP contribution in [0.2, 0.25) is 0 Å². The van der Waals surface area contributed by atoms with Crippen molar-refractivity contribution >= 4 is 29.3 Å². The number of nitrogens with zero attached hydrogens (tertiary/aromatic N) is 1. The van der Waals surface area contributed by atoms with E-state index in [0.717, 1.165) is 41.8 Å². The minimum atomic E-state index is -4.44. The number of hydrogen-bond donors (Lipinski definition) is 1. The average molecular weight is 408 g/mol. The van der Waals surface area contributed by atoms with Crippen molar-refractivity contribution in [1.29, 1.82) is 0 Å². The molecule has 1 N–H and O–H groups in total. The van der Waals surface area contributed by atoms with Crippen molar-refractivity contribution in [3.63, 3.8) is 0 Å². The zero-order valence-electron chi connectivity index (χ0n) is 15.2. The van der Waals surface area contributed by atoms with Crippen molar-refractivity contribution in [2.75, 3.05) is 23.9 Å². The summed E-state index contributed by atoms with van der Waals surface area (Å²) >= 11 is 1.48. The molecule has 148 valence electrons. The Bertz CT molecular complexity index is 882. The van der Waals surface area contributed by atoms with Crippen LogP contribution in [0.1, 0.15) is 27.0 Å². The second-order valence-electron chi connectivity index (χ2n) is 6.51. The zero-order chi connectivity index (χ0) is 20.3. The summed E-state index contributed by atoms with van der Waals surface area (Å²) in [5.41, 5.74) is 1.98. The molecule has 0 spiro atoms. The van der Waals surface area contributed by atoms with Crippen LogP contribution in [0.5, 0.6) is 0 Å². The maximum atomic E-state index is 12.6. The summed E-state index contributed by atoms with van der Waals surface area (Å²) in [5.74, 6) is 0.0248. The average Bonchev–Trinajstić information content (AvgIpc) is 2.67. The van der Waals surface area contributed by atoms with Crippen LogP contribution in [0.15, 0.2) is 42.5 Å². The summed E-state index contributed by atoms with van der Waals surface area (Å²) < 4.78 is 37.9. The Labute approximate surface area is 165 Å². The summed E-state index contributed by atoms with van der Waals surface area (Å²) in [5, 5.41) is 2.71. The molecule has 28 heavy (non-hydrogen) atoms. The van der Waals surface area contributed by atoms with Gasteiger partial charge in [0.1, 0.15) is 0 Å². The van der Waals surface area contributed by atoms with Crippen LogP contribution in [-0.2, 0) is 23.9 Å². The van der Waals surface area contributed by atoms with E-state index < -0.39 is 17.6 Å². The van der Waals surface area contributed by atoms with Gasteiger partial charge in [0.15, 0.2) is 0 Å². The molecule has 1 aliphatic rings. The normalized spacial score (nSPS) is 13.8. The van der Waals surface area contributed by atoms with Crippen LogP contribution >= 0.6 is 11.8 Å². The van der Waals surface area contributed by atoms with Gasteiger partial charge in [-0.3, -0.25) is 9.59 Å². The molecule has 8 heteroatoms. The molecular formula is C20H19F3N2O2S. The van der Waals surface area contributed by atoms with Gasteiger partial charge in [0.2, 0.25) is 5.91 Å². The predicted molar refractivity (Wildman–Crippen MR) is 103 cm³/mol. The number of nitrogens with one attached hydrogen (secondary N) is 1. The van der Waals surface area contributed by atoms with Crippen molar-refractivity contribution in [3.05, 3.63) is 64.7 Å². The van der Waals surface area contributed by atoms with E-state index in [1.54, 1.807) is 11.0 Å². The summed E-state index contributed by atoms with van der Waals surface area (Å²) in [7, 11) is 0. The number of benzene rings is 2. The predicted octanol–water partition coefficient (Wildman–Crippen LogP) is 4.21. The molecule has 3 rings (SSSR count). The smallest absolute Gasteiger partial charge is 0.337 e. The quantitative estimate of drug-likeness (QED) is 0.825. The fraction of sp³-hybridized carbons (Fsp3) is 0.300. The molecule has 1 aliphatic heterocycles. The number of carbonyl (C=O) groups excluding carboxylic acids is 2. The second-order valence-corrected chi connectivity index (χ2v) is 7.38. The number of hydrogen-bond acceptors (Lipinski definition) is 3. The minimum Gasteiger partial charge on any atom is -0.337 e. The van der Waals surface area contributed by atoms with E-state index in [4.69, 9.17) is 0 Å². The Balaban J connectivity index is 1.71. The summed E-state index contributed by atoms with van der Waals surface area (Å²) in [6.07, 6.45) is -1.81. The van der Waals surface area contributed by atoms with Crippen LogP contribution in [-0.4, -0.2) is 35.3 Å². The fourth-order valence-electron chi connectivity index (χ4n) is 3.08. The van der Waals surface area contributed by atoms with Gasteiger partial charge < -0.3 is 10.2 Å². The molecule has 0 unspecified atom stereocenters. The Morgan fingerprint density at radius 3 is 2.46 bits per heavy atom. The van der Waals surface area contributed by atoms with Crippen molar-refractivity contribution in [2.45, 2.75) is 19.1 Å². The third-order valence-electron chi connectivity index (χ3n) is 4.57. The summed E-state index contributed by atoms with van der Waals surface area (Å²) in [6, 6.07) is 9.57. The molecule has 0 atom stereocenters. The van der Waals surface area contributed by atoms with Gasteiger partial charge in [0.05, 0.1) is 11.3 Å². The van der Waals surface area contributed by atoms with Crippen LogP contribution in [0.25, 0.3) is 0 Å². The van der Waals surface area contributed by atoms with Crippen molar-refractivity contribution < 1.29 is 22.8 Å². The number of halogens is 3. The van der Waals surface area contributed by atoms with Gasteiger partial charge in [-0.15, -0.1) is 0 Å². The van der Waals surface area contributed by atoms with Crippen LogP contribution < -0.4 is 5.32 Å². The van der Waals surface area contributed by atoms with E-state index in [9.17, 15) is 22.8 Å². The number of alkyl halides is 3. The van der Waals surface area contributed by atoms with E-state index in [1.165, 1.54) is 11.8 Å². The monoisotopic (exact) mass is 408 g/mol. The van der Waals surface area contributed by atoms with Crippen molar-refractivity contribution in [3.8, 4) is 0 Å². The third-order valence-corrected chi connectivity index (χ3v) is 5.11. The molecule has 1 heterocycles. The van der Waals surface area contributed by atoms with E-state index in [0.29, 0.717) is 24.5 Å². The summed E-state index contributed by atoms with van der Waals surface area (Å²) in [6.45, 7) is 1.16. The van der Waals surface area contributed by atoms with Gasteiger partial charge in [0.25, 0.3) is 5.91 Å². The maximum Gasteiger partial charge on any atom is 0.416 e. The van der Waals surface area contributed by atoms with Crippen LogP contribution in [0.4, 0.5) is 18.9 Å². The van der Waals surface area contributed by atoms with Crippen LogP contribution in [0.3, 0.4) is 0 Å². The fourth-order valence-corrected chi connectivity index (χ4v) is 3.51. The van der Waals surface area contributed by atoms with Gasteiger partial charge in [0, 0.05) is 24.3 Å². The Hall–Kier alpha value is -2.48. The first-order valence-corrected chi connectivity index (χ1v) is 10.0. The van der Waals surface area contributed by atoms with E-state index in [1.807, 2.05) is 18.4 Å². The number of amides is 2. The molecule has 4 nitrogen and oxygen atoms in total. The van der Waals surface area contributed by atoms with Gasteiger partial charge in [-0.2, -0.15) is 24.9 Å². The molecule has 0 fully saturated rings. The highest BCUT2D eigenvalue weighted by Crippen LogP contribution is 2.29. The molecule has 0 radical (unpaired) electrons. The molecular weight excluding hydrogens is 389 g/mol. The Morgan fingerprint density at radius 2 is 1.82 bits per heavy atom. The van der Waals surface area contributed by atoms with Gasteiger partial charge >= 0.3 is 6.18 Å². The molecule has 2 aromatic rings. The van der Waals surface area contributed by atoms with Crippen LogP contribution in [0, 0.1) is 0 Å². The molecule has 0 saturated carbocycles. The lowest BCUT2D eigenvalue weighted by Gasteiger charge is -2.29. The van der Waals surface area contributed by atoms with Gasteiger partial charge in [-0.05, 0) is 60.2 Å². The Kier molecular flexibility index (Phi) is 5.98. The molecule has 0 aliphatic carbocycles. The van der Waals surface area contributed by atoms with E-state index in [-0.39, 0.29) is 11.5 Å². The molecule has 2 aromatic carbocycles. The Morgan fingerprint density at radius 1 is 1.11 bits per heavy atom. The lowest BCUT2D eigenvalue weighted by molar-refractivity contribution is -0.137. The number of thioether (sulfide) groups is 1. The highest BCUT2D eigenvalue weighted by molar-refractivity contribution is 7.99. The lowest BCUT2D eigenvalue weighted by Crippen LogP contribution is -2.37. The molecule has 0 saturated heterocycles. The number of carbonyl (C=O) groups is 2. The minimum absolute atomic E-state index is 0.0809. The van der Waals surface area contributed by atoms with E-state index in [2.05, 4.69) is 5.32 Å². The third kappa shape index (κ3) is 4.67. The first-order chi connectivity index (χ1) is 13.3. The molecule has 2 amide bonds. The first kappa shape index (κ1) is 20.3. The largest absolute Gasteiger partial charge is 0.416 e. The standard InChI is InChI=1S/C20H19F3N2O2S/c1-28-12-18(26)25-9-8-13-4-7-17(10-15(13)11-25)24-19(27)14-2-5-16(6-3-14)20(21,22)23/h2-7,10H,8-9,11-12H2,1H3,(H,24,27). The first-order valence-electron chi connectivity index (χ1n) is 8.65. The van der Waals surface area contributed by atoms with Gasteiger partial charge in [-0.1, -0.05) is 6.07 Å². The number of rotatable bonds is 4. The van der Waals surface area contributed by atoms with E-state index >= 15 is 0 Å². The van der Waals surface area contributed by atoms with Gasteiger partial charge in [-0.25, -0.2) is 0 Å². The number of fused-ring (bicyclic) bond motifs is 1. The van der Waals surface area contributed by atoms with Crippen molar-refractivity contribution in [2.24, 2.45) is 0 Å². The topological polar surface area (TPSA) is 49.4 Å². The summed E-state index contributed by atoms with van der Waals surface area (Å²) in [4.78, 5) is 26.2. The molecule has 0 bridgehead atoms. The SMILES string of the molecule is CSCC(=O)N1CCc2ccc(NC(=O)c3ccc(C(F)(F)F)cc3)cc2C1. The zero-order valence-corrected chi connectivity index (χ0v) is 16.0. The number of anilines is 1. The maximum absolute atomic E-state index is 12.6. The second kappa shape index (κ2) is 8.26. The van der Waals surface area contributed by atoms with Crippen molar-refractivity contribution in [1.82, 2.24) is 4.90 Å². The lowest BCUT2D eigenvalue weighted by atomic mass is 9.99. The molecule has 0 aromatic heterocycles. The highest BCUT2D eigenvalue weighted by atomic mass is 32.2.